The summed E-state index contributed by atoms with van der Waals surface area (Å²) in [5, 5.41) is 8.56. The van der Waals surface area contributed by atoms with Crippen molar-refractivity contribution in [1.29, 1.82) is 0 Å². The molecule has 0 bridgehead atoms. The summed E-state index contributed by atoms with van der Waals surface area (Å²) >= 11 is 1.43. The second-order valence-corrected chi connectivity index (χ2v) is 6.98. The van der Waals surface area contributed by atoms with Crippen LogP contribution in [0, 0.1) is 20.8 Å². The van der Waals surface area contributed by atoms with Crippen molar-refractivity contribution in [3.05, 3.63) is 40.7 Å². The molecule has 0 fully saturated rings. The molecule has 1 aromatic carbocycles. The Balaban J connectivity index is 2.15. The standard InChI is InChI=1S/C17H23N3O2S/c1-11-8-13(3)15(9-12(11)2)16(21)14(4)23-17-19-18-10-20(17)6-7-22-5/h8-10,14H,6-7H2,1-5H3/t14-/m1/s1. The molecular formula is C17H23N3O2S. The molecule has 0 saturated heterocycles. The van der Waals surface area contributed by atoms with Gasteiger partial charge in [-0.25, -0.2) is 0 Å². The number of benzene rings is 1. The lowest BCUT2D eigenvalue weighted by Gasteiger charge is -2.14. The van der Waals surface area contributed by atoms with Crippen LogP contribution in [-0.2, 0) is 11.3 Å². The number of carbonyl (C=O) groups is 1. The molecule has 0 aliphatic rings. The van der Waals surface area contributed by atoms with Gasteiger partial charge in [-0.15, -0.1) is 10.2 Å². The molecule has 23 heavy (non-hydrogen) atoms. The van der Waals surface area contributed by atoms with Gasteiger partial charge in [-0.05, 0) is 50.5 Å². The van der Waals surface area contributed by atoms with Gasteiger partial charge >= 0.3 is 0 Å². The van der Waals surface area contributed by atoms with Gasteiger partial charge in [-0.1, -0.05) is 17.8 Å². The molecule has 2 rings (SSSR count). The van der Waals surface area contributed by atoms with E-state index in [1.807, 2.05) is 31.4 Å². The minimum atomic E-state index is -0.221. The van der Waals surface area contributed by atoms with Crippen molar-refractivity contribution in [3.63, 3.8) is 0 Å². The Morgan fingerprint density at radius 2 is 1.96 bits per heavy atom. The predicted octanol–water partition coefficient (Wildman–Crippen LogP) is 3.21. The van der Waals surface area contributed by atoms with Gasteiger partial charge in [-0.3, -0.25) is 4.79 Å². The Hall–Kier alpha value is -1.66. The number of Topliss-reactive ketones (excluding diaryl/α,β-unsaturated/α-hetero) is 1. The number of thioether (sulfide) groups is 1. The van der Waals surface area contributed by atoms with Gasteiger partial charge in [0.15, 0.2) is 10.9 Å². The normalized spacial score (nSPS) is 12.4. The smallest absolute Gasteiger partial charge is 0.191 e. The molecular weight excluding hydrogens is 310 g/mol. The number of methoxy groups -OCH3 is 1. The minimum absolute atomic E-state index is 0.122. The first kappa shape index (κ1) is 17.7. The summed E-state index contributed by atoms with van der Waals surface area (Å²) < 4.78 is 6.99. The number of aryl methyl sites for hydroxylation is 3. The lowest BCUT2D eigenvalue weighted by molar-refractivity contribution is 0.0993. The van der Waals surface area contributed by atoms with Gasteiger partial charge in [0.05, 0.1) is 11.9 Å². The zero-order chi connectivity index (χ0) is 17.0. The topological polar surface area (TPSA) is 57.0 Å². The first-order chi connectivity index (χ1) is 10.9. The molecule has 0 saturated carbocycles. The first-order valence-electron chi connectivity index (χ1n) is 7.59. The molecule has 5 nitrogen and oxygen atoms in total. The SMILES string of the molecule is COCCn1cnnc1S[C@H](C)C(=O)c1cc(C)c(C)cc1C. The fraction of sp³-hybridized carbons (Fsp3) is 0.471. The van der Waals surface area contributed by atoms with Crippen LogP contribution in [0.25, 0.3) is 0 Å². The zero-order valence-corrected chi connectivity index (χ0v) is 15.1. The summed E-state index contributed by atoms with van der Waals surface area (Å²) in [5.41, 5.74) is 4.15. The summed E-state index contributed by atoms with van der Waals surface area (Å²) in [6.07, 6.45) is 1.67. The highest BCUT2D eigenvalue weighted by Gasteiger charge is 2.21. The first-order valence-corrected chi connectivity index (χ1v) is 8.47. The van der Waals surface area contributed by atoms with Gasteiger partial charge in [-0.2, -0.15) is 0 Å². The maximum atomic E-state index is 12.8. The number of aromatic nitrogens is 3. The molecule has 124 valence electrons. The van der Waals surface area contributed by atoms with Crippen molar-refractivity contribution in [2.45, 2.75) is 44.6 Å². The fourth-order valence-electron chi connectivity index (χ4n) is 2.34. The van der Waals surface area contributed by atoms with Crippen molar-refractivity contribution in [1.82, 2.24) is 14.8 Å². The molecule has 2 aromatic rings. The van der Waals surface area contributed by atoms with Crippen molar-refractivity contribution >= 4 is 17.5 Å². The highest BCUT2D eigenvalue weighted by Crippen LogP contribution is 2.26. The summed E-state index contributed by atoms with van der Waals surface area (Å²) in [6.45, 7) is 9.26. The highest BCUT2D eigenvalue weighted by molar-refractivity contribution is 8.00. The molecule has 0 aliphatic carbocycles. The number of nitrogens with zero attached hydrogens (tertiary/aromatic N) is 3. The Kier molecular flexibility index (Phi) is 5.96. The van der Waals surface area contributed by atoms with Crippen LogP contribution in [0.1, 0.15) is 34.0 Å². The third-order valence-corrected chi connectivity index (χ3v) is 4.97. The van der Waals surface area contributed by atoms with Crippen LogP contribution in [-0.4, -0.2) is 39.5 Å². The van der Waals surface area contributed by atoms with E-state index in [1.54, 1.807) is 13.4 Å². The van der Waals surface area contributed by atoms with Crippen LogP contribution in [0.5, 0.6) is 0 Å². The monoisotopic (exact) mass is 333 g/mol. The van der Waals surface area contributed by atoms with Gasteiger partial charge < -0.3 is 9.30 Å². The molecule has 1 heterocycles. The number of ether oxygens (including phenoxy) is 1. The molecule has 0 spiro atoms. The maximum absolute atomic E-state index is 12.8. The van der Waals surface area contributed by atoms with Crippen LogP contribution in [0.3, 0.4) is 0 Å². The van der Waals surface area contributed by atoms with Crippen molar-refractivity contribution < 1.29 is 9.53 Å². The summed E-state index contributed by atoms with van der Waals surface area (Å²) in [7, 11) is 1.66. The molecule has 0 radical (unpaired) electrons. The van der Waals surface area contributed by atoms with E-state index < -0.39 is 0 Å². The van der Waals surface area contributed by atoms with Gasteiger partial charge in [0, 0.05) is 19.2 Å². The number of hydrogen-bond donors (Lipinski definition) is 0. The second-order valence-electron chi connectivity index (χ2n) is 5.68. The Bertz CT molecular complexity index is 697. The van der Waals surface area contributed by atoms with Crippen LogP contribution < -0.4 is 0 Å². The number of carbonyl (C=O) groups excluding carboxylic acids is 1. The summed E-state index contributed by atoms with van der Waals surface area (Å²) in [4.78, 5) is 12.8. The van der Waals surface area contributed by atoms with Crippen molar-refractivity contribution in [2.75, 3.05) is 13.7 Å². The Morgan fingerprint density at radius 3 is 2.65 bits per heavy atom. The molecule has 1 atom stereocenters. The average molecular weight is 333 g/mol. The van der Waals surface area contributed by atoms with E-state index in [4.69, 9.17) is 4.74 Å². The third-order valence-electron chi connectivity index (χ3n) is 3.87. The van der Waals surface area contributed by atoms with Gasteiger partial charge in [0.2, 0.25) is 0 Å². The average Bonchev–Trinajstić information content (AvgIpc) is 2.95. The molecule has 6 heteroatoms. The quantitative estimate of drug-likeness (QED) is 0.575. The van der Waals surface area contributed by atoms with E-state index in [2.05, 4.69) is 23.2 Å². The lowest BCUT2D eigenvalue weighted by atomic mass is 9.97. The Labute approximate surface area is 141 Å². The maximum Gasteiger partial charge on any atom is 0.191 e. The predicted molar refractivity (Wildman–Crippen MR) is 92.2 cm³/mol. The summed E-state index contributed by atoms with van der Waals surface area (Å²) in [5.74, 6) is 0.122. The van der Waals surface area contributed by atoms with E-state index in [0.29, 0.717) is 13.2 Å². The van der Waals surface area contributed by atoms with Crippen LogP contribution >= 0.6 is 11.8 Å². The zero-order valence-electron chi connectivity index (χ0n) is 14.3. The van der Waals surface area contributed by atoms with Gasteiger partial charge in [0.1, 0.15) is 6.33 Å². The van der Waals surface area contributed by atoms with E-state index in [9.17, 15) is 4.79 Å². The van der Waals surface area contributed by atoms with Gasteiger partial charge in [0.25, 0.3) is 0 Å². The molecule has 0 N–H and O–H groups in total. The van der Waals surface area contributed by atoms with Crippen LogP contribution in [0.15, 0.2) is 23.6 Å². The largest absolute Gasteiger partial charge is 0.383 e. The minimum Gasteiger partial charge on any atom is -0.383 e. The second kappa shape index (κ2) is 7.75. The number of rotatable bonds is 7. The van der Waals surface area contributed by atoms with Crippen LogP contribution in [0.2, 0.25) is 0 Å². The highest BCUT2D eigenvalue weighted by atomic mass is 32.2. The van der Waals surface area contributed by atoms with Crippen molar-refractivity contribution in [3.8, 4) is 0 Å². The molecule has 1 aromatic heterocycles. The third kappa shape index (κ3) is 4.20. The summed E-state index contributed by atoms with van der Waals surface area (Å²) in [6, 6.07) is 4.06. The van der Waals surface area contributed by atoms with Crippen molar-refractivity contribution in [2.24, 2.45) is 0 Å². The molecule has 0 aliphatic heterocycles. The van der Waals surface area contributed by atoms with E-state index in [-0.39, 0.29) is 11.0 Å². The number of ketones is 1. The van der Waals surface area contributed by atoms with E-state index in [1.165, 1.54) is 17.3 Å². The van der Waals surface area contributed by atoms with E-state index in [0.717, 1.165) is 21.8 Å². The fourth-order valence-corrected chi connectivity index (χ4v) is 3.25. The van der Waals surface area contributed by atoms with Crippen LogP contribution in [0.4, 0.5) is 0 Å². The van der Waals surface area contributed by atoms with E-state index >= 15 is 0 Å². The lowest BCUT2D eigenvalue weighted by Crippen LogP contribution is -2.16. The number of hydrogen-bond acceptors (Lipinski definition) is 5. The molecule has 0 amide bonds. The molecule has 0 unspecified atom stereocenters. The Morgan fingerprint density at radius 1 is 1.26 bits per heavy atom.